The maximum atomic E-state index is 12.6. The molecule has 1 aliphatic rings. The second kappa shape index (κ2) is 8.54. The minimum absolute atomic E-state index is 0.00369. The van der Waals surface area contributed by atoms with Crippen molar-refractivity contribution >= 4 is 5.97 Å². The predicted octanol–water partition coefficient (Wildman–Crippen LogP) is 4.63. The molecule has 2 N–H and O–H groups in total. The number of benzene rings is 1. The zero-order chi connectivity index (χ0) is 19.3. The van der Waals surface area contributed by atoms with Gasteiger partial charge in [0.25, 0.3) is 0 Å². The van der Waals surface area contributed by atoms with Gasteiger partial charge >= 0.3 is 5.97 Å². The van der Waals surface area contributed by atoms with Gasteiger partial charge in [0.1, 0.15) is 11.9 Å². The van der Waals surface area contributed by atoms with Crippen LogP contribution in [0.4, 0.5) is 0 Å². The first-order valence-corrected chi connectivity index (χ1v) is 9.25. The maximum absolute atomic E-state index is 12.6. The Balaban J connectivity index is 2.28. The summed E-state index contributed by atoms with van der Waals surface area (Å²) in [5, 5.41) is 19.9. The van der Waals surface area contributed by atoms with E-state index < -0.39 is 11.6 Å². The first-order valence-electron chi connectivity index (χ1n) is 9.25. The van der Waals surface area contributed by atoms with Crippen molar-refractivity contribution in [2.75, 3.05) is 0 Å². The van der Waals surface area contributed by atoms with Gasteiger partial charge in [0.2, 0.25) is 0 Å². The van der Waals surface area contributed by atoms with Crippen molar-refractivity contribution in [3.8, 4) is 5.75 Å². The molecule has 0 heterocycles. The molecule has 0 saturated carbocycles. The van der Waals surface area contributed by atoms with E-state index in [1.54, 1.807) is 12.1 Å². The highest BCUT2D eigenvalue weighted by atomic mass is 16.5. The summed E-state index contributed by atoms with van der Waals surface area (Å²) in [6, 6.07) is 6.08. The van der Waals surface area contributed by atoms with E-state index in [4.69, 9.17) is 4.74 Å². The van der Waals surface area contributed by atoms with Crippen molar-refractivity contribution < 1.29 is 19.7 Å². The average molecular weight is 358 g/mol. The number of allylic oxidation sites excluding steroid dienone is 1. The van der Waals surface area contributed by atoms with Crippen molar-refractivity contribution in [2.45, 2.75) is 58.7 Å². The Morgan fingerprint density at radius 2 is 1.92 bits per heavy atom. The van der Waals surface area contributed by atoms with E-state index in [1.807, 2.05) is 26.0 Å². The van der Waals surface area contributed by atoms with Gasteiger partial charge in [-0.05, 0) is 56.9 Å². The van der Waals surface area contributed by atoms with Gasteiger partial charge in [-0.25, -0.2) is 4.79 Å². The van der Waals surface area contributed by atoms with Crippen molar-refractivity contribution in [1.29, 1.82) is 0 Å². The SMILES string of the molecule is C/C1=C\CC[C@](C)(O)/C=C/[C@@H](C(C)C)[C@H](OC(=O)c2ccc(O)cc2)C1. The second-order valence-electron chi connectivity index (χ2n) is 7.82. The van der Waals surface area contributed by atoms with Crippen LogP contribution in [0.25, 0.3) is 0 Å². The molecule has 1 aromatic carbocycles. The van der Waals surface area contributed by atoms with Crippen LogP contribution in [0.15, 0.2) is 48.1 Å². The van der Waals surface area contributed by atoms with Gasteiger partial charge in [-0.2, -0.15) is 0 Å². The van der Waals surface area contributed by atoms with Gasteiger partial charge in [0.15, 0.2) is 0 Å². The minimum Gasteiger partial charge on any atom is -0.508 e. The molecule has 0 radical (unpaired) electrons. The van der Waals surface area contributed by atoms with Gasteiger partial charge in [-0.1, -0.05) is 37.6 Å². The summed E-state index contributed by atoms with van der Waals surface area (Å²) in [5.41, 5.74) is 0.706. The fourth-order valence-corrected chi connectivity index (χ4v) is 3.25. The monoisotopic (exact) mass is 358 g/mol. The molecule has 3 atom stereocenters. The minimum atomic E-state index is -0.868. The smallest absolute Gasteiger partial charge is 0.338 e. The molecule has 0 aliphatic heterocycles. The van der Waals surface area contributed by atoms with Gasteiger partial charge < -0.3 is 14.9 Å². The fourth-order valence-electron chi connectivity index (χ4n) is 3.25. The molecule has 0 amide bonds. The molecule has 0 unspecified atom stereocenters. The number of aliphatic hydroxyl groups is 1. The third-order valence-electron chi connectivity index (χ3n) is 4.90. The van der Waals surface area contributed by atoms with E-state index in [1.165, 1.54) is 12.1 Å². The molecular weight excluding hydrogens is 328 g/mol. The number of esters is 1. The molecule has 0 spiro atoms. The molecule has 4 heteroatoms. The summed E-state index contributed by atoms with van der Waals surface area (Å²) in [5.74, 6) is -0.0224. The third kappa shape index (κ3) is 5.73. The van der Waals surface area contributed by atoms with Crippen LogP contribution in [0.3, 0.4) is 0 Å². The van der Waals surface area contributed by atoms with Crippen LogP contribution in [0.1, 0.15) is 57.3 Å². The van der Waals surface area contributed by atoms with E-state index >= 15 is 0 Å². The molecule has 1 aliphatic carbocycles. The van der Waals surface area contributed by atoms with Crippen LogP contribution in [-0.2, 0) is 4.74 Å². The highest BCUT2D eigenvalue weighted by Crippen LogP contribution is 2.29. The zero-order valence-corrected chi connectivity index (χ0v) is 16.1. The quantitative estimate of drug-likeness (QED) is 0.611. The molecule has 1 aromatic rings. The number of phenols is 1. The Bertz CT molecular complexity index is 668. The van der Waals surface area contributed by atoms with Crippen LogP contribution < -0.4 is 0 Å². The lowest BCUT2D eigenvalue weighted by atomic mass is 9.83. The number of hydrogen-bond acceptors (Lipinski definition) is 4. The molecule has 0 aromatic heterocycles. The van der Waals surface area contributed by atoms with Crippen LogP contribution >= 0.6 is 0 Å². The first-order chi connectivity index (χ1) is 12.2. The van der Waals surface area contributed by atoms with Crippen LogP contribution in [0.2, 0.25) is 0 Å². The van der Waals surface area contributed by atoms with E-state index in [2.05, 4.69) is 19.9 Å². The molecule has 26 heavy (non-hydrogen) atoms. The van der Waals surface area contributed by atoms with Crippen molar-refractivity contribution in [1.82, 2.24) is 0 Å². The van der Waals surface area contributed by atoms with Gasteiger partial charge in [-0.15, -0.1) is 0 Å². The highest BCUT2D eigenvalue weighted by molar-refractivity contribution is 5.89. The molecule has 142 valence electrons. The molecule has 2 rings (SSSR count). The lowest BCUT2D eigenvalue weighted by Gasteiger charge is -2.30. The van der Waals surface area contributed by atoms with E-state index in [0.29, 0.717) is 18.4 Å². The maximum Gasteiger partial charge on any atom is 0.338 e. The highest BCUT2D eigenvalue weighted by Gasteiger charge is 2.29. The van der Waals surface area contributed by atoms with Crippen LogP contribution in [0.5, 0.6) is 5.75 Å². The van der Waals surface area contributed by atoms with Crippen LogP contribution in [0, 0.1) is 11.8 Å². The Kier molecular flexibility index (Phi) is 6.65. The third-order valence-corrected chi connectivity index (χ3v) is 4.90. The van der Waals surface area contributed by atoms with Crippen LogP contribution in [-0.4, -0.2) is 27.9 Å². The number of aromatic hydroxyl groups is 1. The van der Waals surface area contributed by atoms with E-state index in [-0.39, 0.29) is 23.7 Å². The topological polar surface area (TPSA) is 66.8 Å². The number of carbonyl (C=O) groups is 1. The Morgan fingerprint density at radius 1 is 1.27 bits per heavy atom. The number of ether oxygens (including phenoxy) is 1. The number of hydrogen-bond donors (Lipinski definition) is 2. The first kappa shape index (κ1) is 20.2. The number of phenolic OH excluding ortho intramolecular Hbond substituents is 1. The second-order valence-corrected chi connectivity index (χ2v) is 7.82. The standard InChI is InChI=1S/C22H30O4/c1-15(2)19-11-13-22(4,25)12-5-6-16(3)14-20(19)26-21(24)17-7-9-18(23)10-8-17/h6-11,13,15,19-20,23,25H,5,12,14H2,1-4H3/b13-11+,16-6+/t19-,20+,22-/m0/s1. The van der Waals surface area contributed by atoms with Gasteiger partial charge in [-0.3, -0.25) is 0 Å². The predicted molar refractivity (Wildman–Crippen MR) is 103 cm³/mol. The summed E-state index contributed by atoms with van der Waals surface area (Å²) in [7, 11) is 0. The molecule has 0 saturated heterocycles. The number of carbonyl (C=O) groups excluding carboxylic acids is 1. The van der Waals surface area contributed by atoms with E-state index in [0.717, 1.165) is 12.0 Å². The Morgan fingerprint density at radius 3 is 2.54 bits per heavy atom. The Hall–Kier alpha value is -2.07. The largest absolute Gasteiger partial charge is 0.508 e. The summed E-state index contributed by atoms with van der Waals surface area (Å²) in [6.45, 7) is 8.04. The summed E-state index contributed by atoms with van der Waals surface area (Å²) in [4.78, 5) is 12.6. The molecular formula is C22H30O4. The lowest BCUT2D eigenvalue weighted by Crippen LogP contribution is -2.31. The fraction of sp³-hybridized carbons (Fsp3) is 0.500. The lowest BCUT2D eigenvalue weighted by molar-refractivity contribution is 0.0139. The average Bonchev–Trinajstić information content (AvgIpc) is 2.54. The summed E-state index contributed by atoms with van der Waals surface area (Å²) < 4.78 is 5.87. The zero-order valence-electron chi connectivity index (χ0n) is 16.1. The normalized spacial score (nSPS) is 30.3. The summed E-state index contributed by atoms with van der Waals surface area (Å²) >= 11 is 0. The molecule has 4 nitrogen and oxygen atoms in total. The van der Waals surface area contributed by atoms with E-state index in [9.17, 15) is 15.0 Å². The molecule has 0 fully saturated rings. The van der Waals surface area contributed by atoms with Gasteiger partial charge in [0.05, 0.1) is 11.2 Å². The number of rotatable bonds is 3. The summed E-state index contributed by atoms with van der Waals surface area (Å²) in [6.07, 6.45) is 7.77. The van der Waals surface area contributed by atoms with Gasteiger partial charge in [0, 0.05) is 12.3 Å². The van der Waals surface area contributed by atoms with Crippen molar-refractivity contribution in [2.24, 2.45) is 11.8 Å². The molecule has 0 bridgehead atoms. The van der Waals surface area contributed by atoms with Crippen molar-refractivity contribution in [3.63, 3.8) is 0 Å². The Labute approximate surface area is 156 Å². The van der Waals surface area contributed by atoms with Crippen molar-refractivity contribution in [3.05, 3.63) is 53.6 Å².